The Balaban J connectivity index is 2.22. The van der Waals surface area contributed by atoms with Crippen LogP contribution in [0.1, 0.15) is 12.5 Å². The molecule has 3 rings (SSSR count). The SMILES string of the molecule is CCc1c(F)ccc2c1nc(N1CCN(C)CC1)c(=N)n2NC. The molecule has 0 aliphatic carbocycles. The zero-order chi connectivity index (χ0) is 16.6. The lowest BCUT2D eigenvalue weighted by molar-refractivity contribution is 0.311. The molecule has 124 valence electrons. The van der Waals surface area contributed by atoms with Crippen molar-refractivity contribution < 1.29 is 4.39 Å². The van der Waals surface area contributed by atoms with Gasteiger partial charge in [0, 0.05) is 38.8 Å². The van der Waals surface area contributed by atoms with Crippen LogP contribution in [0.4, 0.5) is 10.2 Å². The minimum absolute atomic E-state index is 0.239. The fourth-order valence-corrected chi connectivity index (χ4v) is 3.09. The van der Waals surface area contributed by atoms with Crippen molar-refractivity contribution in [3.63, 3.8) is 0 Å². The number of hydrogen-bond donors (Lipinski definition) is 2. The number of halogens is 1. The van der Waals surface area contributed by atoms with Gasteiger partial charge in [-0.1, -0.05) is 6.92 Å². The molecular formula is C16H23FN6. The van der Waals surface area contributed by atoms with Crippen LogP contribution < -0.4 is 15.8 Å². The Bertz CT molecular complexity index is 776. The first-order chi connectivity index (χ1) is 11.1. The number of aromatic nitrogens is 2. The van der Waals surface area contributed by atoms with Crippen LogP contribution in [-0.2, 0) is 6.42 Å². The molecule has 1 aromatic carbocycles. The molecule has 2 aromatic rings. The summed E-state index contributed by atoms with van der Waals surface area (Å²) in [6.45, 7) is 5.43. The van der Waals surface area contributed by atoms with Gasteiger partial charge in [0.25, 0.3) is 0 Å². The summed E-state index contributed by atoms with van der Waals surface area (Å²) in [6.07, 6.45) is 0.569. The van der Waals surface area contributed by atoms with Gasteiger partial charge in [-0.15, -0.1) is 0 Å². The van der Waals surface area contributed by atoms with Gasteiger partial charge in [0.15, 0.2) is 11.3 Å². The molecule has 7 heteroatoms. The molecule has 0 spiro atoms. The first-order valence-corrected chi connectivity index (χ1v) is 7.96. The molecule has 1 saturated heterocycles. The summed E-state index contributed by atoms with van der Waals surface area (Å²) in [5.74, 6) is 0.373. The van der Waals surface area contributed by atoms with Crippen molar-refractivity contribution in [2.75, 3.05) is 50.6 Å². The van der Waals surface area contributed by atoms with E-state index in [4.69, 9.17) is 5.41 Å². The summed E-state index contributed by atoms with van der Waals surface area (Å²) in [5, 5.41) is 8.49. The number of nitrogens with zero attached hydrogens (tertiary/aromatic N) is 4. The molecule has 0 unspecified atom stereocenters. The fourth-order valence-electron chi connectivity index (χ4n) is 3.09. The fraction of sp³-hybridized carbons (Fsp3) is 0.500. The van der Waals surface area contributed by atoms with Crippen molar-refractivity contribution in [3.8, 4) is 0 Å². The lowest BCUT2D eigenvalue weighted by Crippen LogP contribution is -2.47. The molecule has 2 N–H and O–H groups in total. The molecule has 23 heavy (non-hydrogen) atoms. The van der Waals surface area contributed by atoms with Crippen LogP contribution in [0.5, 0.6) is 0 Å². The smallest absolute Gasteiger partial charge is 0.187 e. The molecule has 0 radical (unpaired) electrons. The van der Waals surface area contributed by atoms with E-state index < -0.39 is 0 Å². The van der Waals surface area contributed by atoms with Crippen LogP contribution in [0, 0.1) is 11.2 Å². The second-order valence-electron chi connectivity index (χ2n) is 5.88. The summed E-state index contributed by atoms with van der Waals surface area (Å²) >= 11 is 0. The van der Waals surface area contributed by atoms with E-state index >= 15 is 0 Å². The van der Waals surface area contributed by atoms with Crippen molar-refractivity contribution in [3.05, 3.63) is 29.0 Å². The third kappa shape index (κ3) is 2.65. The van der Waals surface area contributed by atoms with Gasteiger partial charge in [-0.3, -0.25) is 5.41 Å². The second-order valence-corrected chi connectivity index (χ2v) is 5.88. The van der Waals surface area contributed by atoms with Crippen LogP contribution in [0.25, 0.3) is 11.0 Å². The van der Waals surface area contributed by atoms with Crippen molar-refractivity contribution >= 4 is 16.9 Å². The van der Waals surface area contributed by atoms with Gasteiger partial charge in [-0.25, -0.2) is 14.1 Å². The summed E-state index contributed by atoms with van der Waals surface area (Å²) in [4.78, 5) is 9.05. The number of anilines is 1. The summed E-state index contributed by atoms with van der Waals surface area (Å²) in [7, 11) is 3.85. The van der Waals surface area contributed by atoms with Gasteiger partial charge < -0.3 is 15.2 Å². The number of rotatable bonds is 3. The van der Waals surface area contributed by atoms with Crippen molar-refractivity contribution in [1.82, 2.24) is 14.6 Å². The Labute approximate surface area is 135 Å². The third-order valence-electron chi connectivity index (χ3n) is 4.48. The minimum Gasteiger partial charge on any atom is -0.351 e. The second kappa shape index (κ2) is 6.16. The Morgan fingerprint density at radius 3 is 2.57 bits per heavy atom. The maximum absolute atomic E-state index is 14.1. The zero-order valence-corrected chi connectivity index (χ0v) is 13.9. The lowest BCUT2D eigenvalue weighted by Gasteiger charge is -2.33. The van der Waals surface area contributed by atoms with Crippen molar-refractivity contribution in [1.29, 1.82) is 5.41 Å². The highest BCUT2D eigenvalue weighted by Crippen LogP contribution is 2.22. The number of likely N-dealkylation sites (N-methyl/N-ethyl adjacent to an activating group) is 1. The van der Waals surface area contributed by atoms with Gasteiger partial charge in [-0.2, -0.15) is 0 Å². The molecule has 1 aromatic heterocycles. The molecule has 6 nitrogen and oxygen atoms in total. The third-order valence-corrected chi connectivity index (χ3v) is 4.48. The number of aryl methyl sites for hydroxylation is 1. The molecule has 0 amide bonds. The molecule has 0 bridgehead atoms. The molecular weight excluding hydrogens is 295 g/mol. The Hall–Kier alpha value is -2.15. The average molecular weight is 318 g/mol. The lowest BCUT2D eigenvalue weighted by atomic mass is 10.1. The Kier molecular flexibility index (Phi) is 4.21. The normalized spacial score (nSPS) is 16.1. The summed E-state index contributed by atoms with van der Waals surface area (Å²) in [5.41, 5.74) is 5.29. The molecule has 2 heterocycles. The Morgan fingerprint density at radius 2 is 1.96 bits per heavy atom. The molecule has 0 saturated carbocycles. The zero-order valence-electron chi connectivity index (χ0n) is 13.9. The number of nitrogens with one attached hydrogen (secondary N) is 2. The number of benzene rings is 1. The van der Waals surface area contributed by atoms with Gasteiger partial charge in [0.2, 0.25) is 0 Å². The van der Waals surface area contributed by atoms with E-state index in [-0.39, 0.29) is 5.82 Å². The quantitative estimate of drug-likeness (QED) is 0.891. The van der Waals surface area contributed by atoms with Crippen LogP contribution in [0.2, 0.25) is 0 Å². The van der Waals surface area contributed by atoms with Crippen LogP contribution >= 0.6 is 0 Å². The summed E-state index contributed by atoms with van der Waals surface area (Å²) < 4.78 is 15.8. The molecule has 1 aliphatic heterocycles. The van der Waals surface area contributed by atoms with Gasteiger partial charge >= 0.3 is 0 Å². The van der Waals surface area contributed by atoms with Gasteiger partial charge in [0.05, 0.1) is 11.0 Å². The monoisotopic (exact) mass is 318 g/mol. The Morgan fingerprint density at radius 1 is 1.26 bits per heavy atom. The van der Waals surface area contributed by atoms with E-state index in [1.807, 2.05) is 6.92 Å². The number of piperazine rings is 1. The van der Waals surface area contributed by atoms with Crippen LogP contribution in [-0.4, -0.2) is 54.8 Å². The first-order valence-electron chi connectivity index (χ1n) is 7.96. The first kappa shape index (κ1) is 15.7. The number of fused-ring (bicyclic) bond motifs is 1. The van der Waals surface area contributed by atoms with Crippen LogP contribution in [0.15, 0.2) is 12.1 Å². The highest BCUT2D eigenvalue weighted by Gasteiger charge is 2.20. The van der Waals surface area contributed by atoms with Crippen LogP contribution in [0.3, 0.4) is 0 Å². The maximum Gasteiger partial charge on any atom is 0.187 e. The van der Waals surface area contributed by atoms with E-state index in [0.717, 1.165) is 31.7 Å². The van der Waals surface area contributed by atoms with Crippen molar-refractivity contribution in [2.45, 2.75) is 13.3 Å². The van der Waals surface area contributed by atoms with E-state index in [1.54, 1.807) is 17.8 Å². The minimum atomic E-state index is -0.239. The molecule has 1 fully saturated rings. The molecule has 1 aliphatic rings. The standard InChI is InChI=1S/C16H23FN6/c1-4-11-12(17)5-6-13-14(11)20-16(15(18)23(13)19-2)22-9-7-21(3)8-10-22/h5-6,18-19H,4,7-10H2,1-3H3. The van der Waals surface area contributed by atoms with E-state index in [2.05, 4.69) is 27.3 Å². The van der Waals surface area contributed by atoms with Gasteiger partial charge in [0.1, 0.15) is 5.82 Å². The average Bonchev–Trinajstić information content (AvgIpc) is 2.55. The largest absolute Gasteiger partial charge is 0.351 e. The summed E-state index contributed by atoms with van der Waals surface area (Å²) in [6, 6.07) is 3.13. The van der Waals surface area contributed by atoms with Crippen molar-refractivity contribution in [2.24, 2.45) is 0 Å². The highest BCUT2D eigenvalue weighted by atomic mass is 19.1. The van der Waals surface area contributed by atoms with E-state index in [1.165, 1.54) is 6.07 Å². The predicted molar refractivity (Wildman–Crippen MR) is 89.9 cm³/mol. The predicted octanol–water partition coefficient (Wildman–Crippen LogP) is 1.14. The van der Waals surface area contributed by atoms with Gasteiger partial charge in [-0.05, 0) is 25.6 Å². The highest BCUT2D eigenvalue weighted by molar-refractivity contribution is 5.80. The number of hydrogen-bond acceptors (Lipinski definition) is 5. The molecule has 0 atom stereocenters. The topological polar surface area (TPSA) is 60.2 Å². The maximum atomic E-state index is 14.1. The van der Waals surface area contributed by atoms with E-state index in [9.17, 15) is 4.39 Å². The van der Waals surface area contributed by atoms with E-state index in [0.29, 0.717) is 28.8 Å².